The lowest BCUT2D eigenvalue weighted by molar-refractivity contribution is -0.131. The summed E-state index contributed by atoms with van der Waals surface area (Å²) in [5.74, 6) is -0.203. The molecule has 2 rings (SSSR count). The van der Waals surface area contributed by atoms with Gasteiger partial charge >= 0.3 is 0 Å². The lowest BCUT2D eigenvalue weighted by Gasteiger charge is -2.15. The van der Waals surface area contributed by atoms with Crippen LogP contribution in [0.4, 0.5) is 4.39 Å². The molecule has 0 aliphatic rings. The van der Waals surface area contributed by atoms with Crippen LogP contribution >= 0.6 is 0 Å². The Bertz CT molecular complexity index is 788. The van der Waals surface area contributed by atoms with Crippen molar-refractivity contribution in [2.24, 2.45) is 0 Å². The minimum atomic E-state index is -0.326. The van der Waals surface area contributed by atoms with Gasteiger partial charge in [0.15, 0.2) is 0 Å². The highest BCUT2D eigenvalue weighted by Gasteiger charge is 2.10. The Kier molecular flexibility index (Phi) is 6.91. The van der Waals surface area contributed by atoms with Crippen LogP contribution in [0.5, 0.6) is 5.75 Å². The van der Waals surface area contributed by atoms with Crippen LogP contribution in [0.25, 0.3) is 6.08 Å². The van der Waals surface area contributed by atoms with E-state index in [0.29, 0.717) is 5.75 Å². The van der Waals surface area contributed by atoms with Crippen molar-refractivity contribution in [3.63, 3.8) is 0 Å². The second kappa shape index (κ2) is 9.36. The number of amides is 2. The average Bonchev–Trinajstić information content (AvgIpc) is 2.65. The smallest absolute Gasteiger partial charge is 0.246 e. The first-order valence-corrected chi connectivity index (χ1v) is 8.06. The minimum Gasteiger partial charge on any atom is -0.497 e. The zero-order valence-electron chi connectivity index (χ0n) is 14.7. The lowest BCUT2D eigenvalue weighted by atomic mass is 10.2. The molecular weight excluding hydrogens is 335 g/mol. The van der Waals surface area contributed by atoms with Gasteiger partial charge < -0.3 is 15.0 Å². The summed E-state index contributed by atoms with van der Waals surface area (Å²) in [6.45, 7) is 0.212. The Labute approximate surface area is 152 Å². The fourth-order valence-electron chi connectivity index (χ4n) is 2.19. The topological polar surface area (TPSA) is 58.6 Å². The highest BCUT2D eigenvalue weighted by atomic mass is 19.1. The number of nitrogens with one attached hydrogen (secondary N) is 1. The number of carbonyl (C=O) groups is 2. The van der Waals surface area contributed by atoms with E-state index in [1.165, 1.54) is 23.1 Å². The summed E-state index contributed by atoms with van der Waals surface area (Å²) >= 11 is 0. The molecule has 1 N–H and O–H groups in total. The molecular formula is C20H21FN2O3. The largest absolute Gasteiger partial charge is 0.497 e. The van der Waals surface area contributed by atoms with E-state index < -0.39 is 0 Å². The molecule has 0 aliphatic heterocycles. The van der Waals surface area contributed by atoms with Crippen LogP contribution in [0, 0.1) is 5.82 Å². The van der Waals surface area contributed by atoms with Crippen LogP contribution in [0.3, 0.4) is 0 Å². The van der Waals surface area contributed by atoms with Gasteiger partial charge in [0.05, 0.1) is 13.7 Å². The third-order valence-corrected chi connectivity index (χ3v) is 3.67. The number of hydrogen-bond acceptors (Lipinski definition) is 3. The third kappa shape index (κ3) is 6.05. The van der Waals surface area contributed by atoms with Crippen molar-refractivity contribution in [2.45, 2.75) is 6.54 Å². The third-order valence-electron chi connectivity index (χ3n) is 3.67. The highest BCUT2D eigenvalue weighted by Crippen LogP contribution is 2.13. The number of ether oxygens (including phenoxy) is 1. The Morgan fingerprint density at radius 2 is 1.92 bits per heavy atom. The maximum absolute atomic E-state index is 12.8. The first kappa shape index (κ1) is 19.2. The number of carbonyl (C=O) groups excluding carboxylic acids is 2. The van der Waals surface area contributed by atoms with Gasteiger partial charge in [-0.3, -0.25) is 9.59 Å². The van der Waals surface area contributed by atoms with Gasteiger partial charge in [-0.1, -0.05) is 24.3 Å². The summed E-state index contributed by atoms with van der Waals surface area (Å²) in [6, 6.07) is 13.2. The fourth-order valence-corrected chi connectivity index (χ4v) is 2.19. The van der Waals surface area contributed by atoms with Crippen LogP contribution in [-0.4, -0.2) is 37.4 Å². The van der Waals surface area contributed by atoms with E-state index in [1.807, 2.05) is 18.2 Å². The summed E-state index contributed by atoms with van der Waals surface area (Å²) in [5, 5.41) is 2.70. The molecule has 0 radical (unpaired) electrons. The zero-order valence-corrected chi connectivity index (χ0v) is 14.7. The monoisotopic (exact) mass is 356 g/mol. The molecule has 0 atom stereocenters. The summed E-state index contributed by atoms with van der Waals surface area (Å²) < 4.78 is 18.0. The van der Waals surface area contributed by atoms with Crippen molar-refractivity contribution < 1.29 is 18.7 Å². The van der Waals surface area contributed by atoms with Gasteiger partial charge in [-0.05, 0) is 41.5 Å². The molecule has 0 saturated heterocycles. The van der Waals surface area contributed by atoms with E-state index in [-0.39, 0.29) is 30.7 Å². The van der Waals surface area contributed by atoms with Gasteiger partial charge in [0.1, 0.15) is 11.6 Å². The quantitative estimate of drug-likeness (QED) is 0.776. The molecule has 0 unspecified atom stereocenters. The van der Waals surface area contributed by atoms with Crippen LogP contribution < -0.4 is 10.1 Å². The predicted octanol–water partition coefficient (Wildman–Crippen LogP) is 2.62. The van der Waals surface area contributed by atoms with Crippen molar-refractivity contribution in [1.82, 2.24) is 10.2 Å². The second-order valence-electron chi connectivity index (χ2n) is 5.71. The second-order valence-corrected chi connectivity index (χ2v) is 5.71. The molecule has 6 heteroatoms. The maximum atomic E-state index is 12.8. The number of halogens is 1. The lowest BCUT2D eigenvalue weighted by Crippen LogP contribution is -2.37. The summed E-state index contributed by atoms with van der Waals surface area (Å²) in [7, 11) is 3.13. The Hall–Kier alpha value is -3.15. The van der Waals surface area contributed by atoms with Crippen LogP contribution in [0.2, 0.25) is 0 Å². The van der Waals surface area contributed by atoms with Gasteiger partial charge in [-0.25, -0.2) is 4.39 Å². The number of likely N-dealkylation sites (N-methyl/N-ethyl adjacent to an activating group) is 1. The first-order chi connectivity index (χ1) is 12.5. The van der Waals surface area contributed by atoms with Crippen LogP contribution in [0.15, 0.2) is 54.6 Å². The fraction of sp³-hybridized carbons (Fsp3) is 0.200. The molecule has 0 aliphatic carbocycles. The summed E-state index contributed by atoms with van der Waals surface area (Å²) in [4.78, 5) is 25.4. The van der Waals surface area contributed by atoms with Gasteiger partial charge in [-0.2, -0.15) is 0 Å². The molecule has 2 aromatic rings. The number of methoxy groups -OCH3 is 1. The van der Waals surface area contributed by atoms with E-state index in [1.54, 1.807) is 38.4 Å². The molecule has 0 saturated carbocycles. The highest BCUT2D eigenvalue weighted by molar-refractivity contribution is 5.94. The molecule has 0 aromatic heterocycles. The van der Waals surface area contributed by atoms with E-state index in [0.717, 1.165) is 11.1 Å². The average molecular weight is 356 g/mol. The molecule has 0 fully saturated rings. The summed E-state index contributed by atoms with van der Waals surface area (Å²) in [5.41, 5.74) is 1.61. The SMILES string of the molecule is COc1cccc(/C=C/C(=O)N(C)CC(=O)NCc2ccc(F)cc2)c1. The van der Waals surface area contributed by atoms with Gasteiger partial charge in [0.25, 0.3) is 0 Å². The Morgan fingerprint density at radius 3 is 2.62 bits per heavy atom. The molecule has 0 bridgehead atoms. The van der Waals surface area contributed by atoms with Crippen LogP contribution in [0.1, 0.15) is 11.1 Å². The van der Waals surface area contributed by atoms with Gasteiger partial charge in [0, 0.05) is 19.7 Å². The molecule has 5 nitrogen and oxygen atoms in total. The molecule has 0 heterocycles. The van der Waals surface area contributed by atoms with E-state index in [9.17, 15) is 14.0 Å². The standard InChI is InChI=1S/C20H21FN2O3/c1-23(14-19(24)22-13-16-6-9-17(21)10-7-16)20(25)11-8-15-4-3-5-18(12-15)26-2/h3-12H,13-14H2,1-2H3,(H,22,24)/b11-8+. The summed E-state index contributed by atoms with van der Waals surface area (Å²) in [6.07, 6.45) is 3.07. The first-order valence-electron chi connectivity index (χ1n) is 8.06. The Balaban J connectivity index is 1.82. The predicted molar refractivity (Wildman–Crippen MR) is 97.9 cm³/mol. The molecule has 2 amide bonds. The molecule has 0 spiro atoms. The maximum Gasteiger partial charge on any atom is 0.246 e. The molecule has 2 aromatic carbocycles. The normalized spacial score (nSPS) is 10.6. The van der Waals surface area contributed by atoms with E-state index >= 15 is 0 Å². The van der Waals surface area contributed by atoms with Gasteiger partial charge in [-0.15, -0.1) is 0 Å². The zero-order chi connectivity index (χ0) is 18.9. The van der Waals surface area contributed by atoms with Gasteiger partial charge in [0.2, 0.25) is 11.8 Å². The van der Waals surface area contributed by atoms with Crippen molar-refractivity contribution >= 4 is 17.9 Å². The van der Waals surface area contributed by atoms with Crippen molar-refractivity contribution in [3.8, 4) is 5.75 Å². The molecule has 26 heavy (non-hydrogen) atoms. The number of hydrogen-bond donors (Lipinski definition) is 1. The van der Waals surface area contributed by atoms with Crippen LogP contribution in [-0.2, 0) is 16.1 Å². The van der Waals surface area contributed by atoms with Crippen molar-refractivity contribution in [3.05, 3.63) is 71.6 Å². The van der Waals surface area contributed by atoms with E-state index in [4.69, 9.17) is 4.74 Å². The number of benzene rings is 2. The van der Waals surface area contributed by atoms with Crippen molar-refractivity contribution in [1.29, 1.82) is 0 Å². The van der Waals surface area contributed by atoms with E-state index in [2.05, 4.69) is 5.32 Å². The Morgan fingerprint density at radius 1 is 1.19 bits per heavy atom. The number of nitrogens with zero attached hydrogens (tertiary/aromatic N) is 1. The minimum absolute atomic E-state index is 0.0670. The molecule has 136 valence electrons. The number of rotatable bonds is 7. The van der Waals surface area contributed by atoms with Crippen molar-refractivity contribution in [2.75, 3.05) is 20.7 Å².